The lowest BCUT2D eigenvalue weighted by molar-refractivity contribution is 0.199. The monoisotopic (exact) mass is 425 g/mol. The van der Waals surface area contributed by atoms with E-state index >= 15 is 0 Å². The Kier molecular flexibility index (Phi) is 5.58. The minimum atomic E-state index is 0.203. The molecule has 2 saturated heterocycles. The zero-order chi connectivity index (χ0) is 21.4. The maximum absolute atomic E-state index is 5.68. The van der Waals surface area contributed by atoms with Crippen LogP contribution in [0.1, 0.15) is 62.6 Å². The second-order valence-corrected chi connectivity index (χ2v) is 10.2. The van der Waals surface area contributed by atoms with Crippen molar-refractivity contribution in [2.45, 2.75) is 71.8 Å². The minimum Gasteiger partial charge on any atom is -0.426 e. The molecule has 2 aliphatic heterocycles. The topological polar surface area (TPSA) is 92.0 Å². The summed E-state index contributed by atoms with van der Waals surface area (Å²) in [7, 11) is 0. The summed E-state index contributed by atoms with van der Waals surface area (Å²) in [5.74, 6) is 3.80. The number of aryl methyl sites for hydroxylation is 2. The first-order valence-corrected chi connectivity index (χ1v) is 11.9. The molecule has 5 rings (SSSR count). The molecular formula is C23H35N7O. The lowest BCUT2D eigenvalue weighted by atomic mass is 9.81. The SMILES string of the molecule is Cc1nnc(C[C@H](CC(C)C)Nc2nc(N3CCC4(CNC4)C3)nc3c2CCCC3)o1. The Balaban J connectivity index is 1.41. The van der Waals surface area contributed by atoms with Crippen molar-refractivity contribution in [2.24, 2.45) is 11.3 Å². The predicted molar refractivity (Wildman–Crippen MR) is 120 cm³/mol. The quantitative estimate of drug-likeness (QED) is 0.700. The van der Waals surface area contributed by atoms with Gasteiger partial charge < -0.3 is 20.0 Å². The highest BCUT2D eigenvalue weighted by Crippen LogP contribution is 2.37. The molecule has 0 bridgehead atoms. The Morgan fingerprint density at radius 1 is 1.16 bits per heavy atom. The van der Waals surface area contributed by atoms with E-state index < -0.39 is 0 Å². The van der Waals surface area contributed by atoms with Gasteiger partial charge in [-0.15, -0.1) is 10.2 Å². The van der Waals surface area contributed by atoms with Crippen LogP contribution < -0.4 is 15.5 Å². The van der Waals surface area contributed by atoms with Gasteiger partial charge in [-0.1, -0.05) is 13.8 Å². The largest absolute Gasteiger partial charge is 0.426 e. The van der Waals surface area contributed by atoms with Crippen LogP contribution in [0.15, 0.2) is 4.42 Å². The first-order valence-electron chi connectivity index (χ1n) is 11.9. The molecule has 1 spiro atoms. The summed E-state index contributed by atoms with van der Waals surface area (Å²) < 4.78 is 5.68. The molecular weight excluding hydrogens is 390 g/mol. The van der Waals surface area contributed by atoms with Crippen LogP contribution in [0.4, 0.5) is 11.8 Å². The van der Waals surface area contributed by atoms with Gasteiger partial charge in [-0.05, 0) is 44.4 Å². The van der Waals surface area contributed by atoms with Gasteiger partial charge >= 0.3 is 0 Å². The Morgan fingerprint density at radius 2 is 2.00 bits per heavy atom. The number of aromatic nitrogens is 4. The van der Waals surface area contributed by atoms with Crippen molar-refractivity contribution in [3.63, 3.8) is 0 Å². The van der Waals surface area contributed by atoms with Gasteiger partial charge in [0, 0.05) is 56.5 Å². The van der Waals surface area contributed by atoms with E-state index in [1.54, 1.807) is 0 Å². The zero-order valence-electron chi connectivity index (χ0n) is 19.1. The molecule has 8 nitrogen and oxygen atoms in total. The van der Waals surface area contributed by atoms with Crippen LogP contribution in [-0.2, 0) is 19.3 Å². The normalized spacial score (nSPS) is 20.7. The van der Waals surface area contributed by atoms with E-state index in [0.717, 1.165) is 57.2 Å². The van der Waals surface area contributed by atoms with Crippen molar-refractivity contribution in [1.82, 2.24) is 25.5 Å². The molecule has 0 unspecified atom stereocenters. The summed E-state index contributed by atoms with van der Waals surface area (Å²) >= 11 is 0. The fourth-order valence-electron chi connectivity index (χ4n) is 5.30. The summed E-state index contributed by atoms with van der Waals surface area (Å²) in [6.07, 6.45) is 7.50. The third-order valence-electron chi connectivity index (χ3n) is 6.98. The van der Waals surface area contributed by atoms with Crippen LogP contribution >= 0.6 is 0 Å². The molecule has 3 aliphatic rings. The highest BCUT2D eigenvalue weighted by Gasteiger charge is 2.43. The van der Waals surface area contributed by atoms with Crippen LogP contribution in [0.25, 0.3) is 0 Å². The van der Waals surface area contributed by atoms with Gasteiger partial charge in [-0.3, -0.25) is 0 Å². The predicted octanol–water partition coefficient (Wildman–Crippen LogP) is 2.92. The maximum Gasteiger partial charge on any atom is 0.227 e. The van der Waals surface area contributed by atoms with Crippen molar-refractivity contribution in [2.75, 3.05) is 36.4 Å². The second kappa shape index (κ2) is 8.37. The first kappa shape index (κ1) is 20.7. The molecule has 0 radical (unpaired) electrons. The van der Waals surface area contributed by atoms with E-state index in [9.17, 15) is 0 Å². The van der Waals surface area contributed by atoms with Gasteiger partial charge in [0.25, 0.3) is 0 Å². The number of hydrogen-bond donors (Lipinski definition) is 2. The molecule has 2 aromatic heterocycles. The molecule has 1 aliphatic carbocycles. The Labute approximate surface area is 184 Å². The summed E-state index contributed by atoms with van der Waals surface area (Å²) in [6, 6.07) is 0.203. The second-order valence-electron chi connectivity index (χ2n) is 10.2. The van der Waals surface area contributed by atoms with Gasteiger partial charge in [0.05, 0.1) is 5.69 Å². The molecule has 31 heavy (non-hydrogen) atoms. The average molecular weight is 426 g/mol. The Morgan fingerprint density at radius 3 is 2.68 bits per heavy atom. The van der Waals surface area contributed by atoms with E-state index in [2.05, 4.69) is 39.6 Å². The molecule has 8 heteroatoms. The summed E-state index contributed by atoms with van der Waals surface area (Å²) in [4.78, 5) is 12.6. The summed E-state index contributed by atoms with van der Waals surface area (Å²) in [5.41, 5.74) is 2.98. The highest BCUT2D eigenvalue weighted by atomic mass is 16.4. The molecule has 0 amide bonds. The van der Waals surface area contributed by atoms with Crippen molar-refractivity contribution < 1.29 is 4.42 Å². The van der Waals surface area contributed by atoms with Gasteiger partial charge in [0.1, 0.15) is 5.82 Å². The van der Waals surface area contributed by atoms with Gasteiger partial charge in [-0.25, -0.2) is 4.98 Å². The molecule has 2 N–H and O–H groups in total. The van der Waals surface area contributed by atoms with E-state index in [1.807, 2.05) is 6.92 Å². The highest BCUT2D eigenvalue weighted by molar-refractivity contribution is 5.53. The van der Waals surface area contributed by atoms with Crippen LogP contribution in [0.3, 0.4) is 0 Å². The number of fused-ring (bicyclic) bond motifs is 1. The number of hydrogen-bond acceptors (Lipinski definition) is 8. The van der Waals surface area contributed by atoms with Crippen LogP contribution in [0, 0.1) is 18.3 Å². The lowest BCUT2D eigenvalue weighted by Crippen LogP contribution is -2.54. The third kappa shape index (κ3) is 4.40. The van der Waals surface area contributed by atoms with Crippen LogP contribution in [0.5, 0.6) is 0 Å². The number of rotatable bonds is 7. The summed E-state index contributed by atoms with van der Waals surface area (Å²) in [6.45, 7) is 10.7. The van der Waals surface area contributed by atoms with E-state index in [4.69, 9.17) is 14.4 Å². The van der Waals surface area contributed by atoms with Crippen LogP contribution in [-0.4, -0.2) is 52.4 Å². The average Bonchev–Trinajstić information content (AvgIpc) is 3.34. The third-order valence-corrected chi connectivity index (χ3v) is 6.98. The maximum atomic E-state index is 5.68. The Bertz CT molecular complexity index is 921. The number of nitrogens with one attached hydrogen (secondary N) is 2. The van der Waals surface area contributed by atoms with Crippen molar-refractivity contribution in [1.29, 1.82) is 0 Å². The summed E-state index contributed by atoms with van der Waals surface area (Å²) in [5, 5.41) is 15.5. The van der Waals surface area contributed by atoms with Crippen molar-refractivity contribution in [3.05, 3.63) is 23.0 Å². The molecule has 2 fully saturated rings. The zero-order valence-corrected chi connectivity index (χ0v) is 19.1. The molecule has 1 atom stereocenters. The van der Waals surface area contributed by atoms with Gasteiger partial charge in [-0.2, -0.15) is 4.98 Å². The molecule has 168 valence electrons. The van der Waals surface area contributed by atoms with Crippen molar-refractivity contribution >= 4 is 11.8 Å². The standard InChI is InChI=1S/C23H35N7O/c1-15(2)10-17(11-20-29-28-16(3)31-20)25-21-18-6-4-5-7-19(18)26-22(27-21)30-9-8-23(14-30)12-24-13-23/h15,17,24H,4-14H2,1-3H3,(H,25,26,27)/t17-/m0/s1. The molecule has 0 aromatic carbocycles. The number of anilines is 2. The Hall–Kier alpha value is -2.22. The fourth-order valence-corrected chi connectivity index (χ4v) is 5.30. The fraction of sp³-hybridized carbons (Fsp3) is 0.739. The molecule has 4 heterocycles. The van der Waals surface area contributed by atoms with E-state index in [-0.39, 0.29) is 6.04 Å². The van der Waals surface area contributed by atoms with E-state index in [0.29, 0.717) is 29.5 Å². The van der Waals surface area contributed by atoms with Crippen LogP contribution in [0.2, 0.25) is 0 Å². The lowest BCUT2D eigenvalue weighted by Gasteiger charge is -2.39. The smallest absolute Gasteiger partial charge is 0.227 e. The van der Waals surface area contributed by atoms with Gasteiger partial charge in [0.2, 0.25) is 17.7 Å². The number of nitrogens with zero attached hydrogens (tertiary/aromatic N) is 5. The van der Waals surface area contributed by atoms with Gasteiger partial charge in [0.15, 0.2) is 0 Å². The van der Waals surface area contributed by atoms with Crippen molar-refractivity contribution in [3.8, 4) is 0 Å². The molecule has 0 saturated carbocycles. The first-order chi connectivity index (χ1) is 15.0. The minimum absolute atomic E-state index is 0.203. The van der Waals surface area contributed by atoms with E-state index in [1.165, 1.54) is 30.5 Å². The molecule has 2 aromatic rings.